The second kappa shape index (κ2) is 11.2. The first-order valence-electron chi connectivity index (χ1n) is 12.2. The number of likely N-dealkylation sites (tertiary alicyclic amines) is 1. The molecule has 1 unspecified atom stereocenters. The number of piperidine rings is 1. The van der Waals surface area contributed by atoms with Gasteiger partial charge in [0.1, 0.15) is 0 Å². The topological polar surface area (TPSA) is 78.5 Å². The van der Waals surface area contributed by atoms with Crippen molar-refractivity contribution in [2.24, 2.45) is 11.8 Å². The van der Waals surface area contributed by atoms with Crippen LogP contribution in [0.3, 0.4) is 0 Å². The lowest BCUT2D eigenvalue weighted by molar-refractivity contribution is -0.126. The molecule has 1 aromatic rings. The smallest absolute Gasteiger partial charge is 0.255 e. The third-order valence-corrected chi connectivity index (χ3v) is 7.87. The molecule has 0 aromatic heterocycles. The quantitative estimate of drug-likeness (QED) is 0.585. The lowest BCUT2D eigenvalue weighted by Crippen LogP contribution is -2.46. The molecule has 1 saturated heterocycles. The lowest BCUT2D eigenvalue weighted by atomic mass is 9.89. The Bertz CT molecular complexity index is 820. The van der Waals surface area contributed by atoms with Crippen molar-refractivity contribution in [3.8, 4) is 0 Å². The van der Waals surface area contributed by atoms with Gasteiger partial charge in [-0.1, -0.05) is 31.4 Å². The molecule has 7 heteroatoms. The summed E-state index contributed by atoms with van der Waals surface area (Å²) >= 11 is 1.42. The maximum atomic E-state index is 13.3. The summed E-state index contributed by atoms with van der Waals surface area (Å²) in [6, 6.07) is 7.85. The van der Waals surface area contributed by atoms with Gasteiger partial charge in [-0.2, -0.15) is 0 Å². The molecule has 1 atom stereocenters. The van der Waals surface area contributed by atoms with Crippen LogP contribution < -0.4 is 10.6 Å². The zero-order valence-electron chi connectivity index (χ0n) is 18.8. The molecular weight excluding hydrogens is 422 g/mol. The third kappa shape index (κ3) is 6.50. The minimum atomic E-state index is -0.126. The van der Waals surface area contributed by atoms with Crippen LogP contribution in [-0.2, 0) is 9.59 Å². The number of carbonyl (C=O) groups is 3. The highest BCUT2D eigenvalue weighted by atomic mass is 32.2. The van der Waals surface area contributed by atoms with Crippen molar-refractivity contribution in [2.75, 3.05) is 25.4 Å². The molecule has 3 aliphatic rings. The van der Waals surface area contributed by atoms with Crippen LogP contribution in [0.5, 0.6) is 0 Å². The summed E-state index contributed by atoms with van der Waals surface area (Å²) in [5.41, 5.74) is 0.626. The van der Waals surface area contributed by atoms with Gasteiger partial charge in [0.15, 0.2) is 0 Å². The Balaban J connectivity index is 1.30. The average Bonchev–Trinajstić information content (AvgIpc) is 3.66. The number of hydrogen-bond donors (Lipinski definition) is 2. The van der Waals surface area contributed by atoms with Crippen molar-refractivity contribution in [1.29, 1.82) is 0 Å². The highest BCUT2D eigenvalue weighted by molar-refractivity contribution is 8.00. The van der Waals surface area contributed by atoms with Crippen molar-refractivity contribution in [2.45, 2.75) is 68.7 Å². The maximum Gasteiger partial charge on any atom is 0.255 e. The van der Waals surface area contributed by atoms with E-state index < -0.39 is 0 Å². The Labute approximate surface area is 195 Å². The molecule has 174 valence electrons. The number of nitrogens with one attached hydrogen (secondary N) is 2. The van der Waals surface area contributed by atoms with Crippen molar-refractivity contribution in [3.63, 3.8) is 0 Å². The Morgan fingerprint density at radius 2 is 1.75 bits per heavy atom. The Kier molecular flexibility index (Phi) is 8.11. The summed E-state index contributed by atoms with van der Waals surface area (Å²) in [4.78, 5) is 40.8. The minimum absolute atomic E-state index is 0.0256. The Hall–Kier alpha value is -2.02. The van der Waals surface area contributed by atoms with Crippen LogP contribution in [-0.4, -0.2) is 54.1 Å². The number of benzene rings is 1. The molecule has 1 aromatic carbocycles. The maximum absolute atomic E-state index is 13.3. The molecule has 3 amide bonds. The summed E-state index contributed by atoms with van der Waals surface area (Å²) < 4.78 is 0. The fraction of sp³-hybridized carbons (Fsp3) is 0.640. The van der Waals surface area contributed by atoms with Gasteiger partial charge in [0, 0.05) is 30.6 Å². The number of nitrogens with zero attached hydrogens (tertiary/aromatic N) is 1. The lowest BCUT2D eigenvalue weighted by Gasteiger charge is -2.32. The number of carbonyl (C=O) groups excluding carboxylic acids is 3. The first-order chi connectivity index (χ1) is 15.6. The Morgan fingerprint density at radius 3 is 2.53 bits per heavy atom. The third-order valence-electron chi connectivity index (χ3n) is 6.79. The van der Waals surface area contributed by atoms with E-state index in [0.717, 1.165) is 37.1 Å². The highest BCUT2D eigenvalue weighted by Crippen LogP contribution is 2.27. The van der Waals surface area contributed by atoms with E-state index in [1.807, 2.05) is 29.2 Å². The molecule has 0 spiro atoms. The van der Waals surface area contributed by atoms with Crippen molar-refractivity contribution in [1.82, 2.24) is 15.5 Å². The van der Waals surface area contributed by atoms with Gasteiger partial charge >= 0.3 is 0 Å². The SMILES string of the molecule is O=C(CSc1ccccc1C(=O)N1CCCC(C(=O)NC2CC2)C1)NCC1CCCCC1. The van der Waals surface area contributed by atoms with Crippen molar-refractivity contribution >= 4 is 29.5 Å². The van der Waals surface area contributed by atoms with E-state index in [1.54, 1.807) is 0 Å². The van der Waals surface area contributed by atoms with E-state index in [1.165, 1.54) is 43.9 Å². The zero-order chi connectivity index (χ0) is 22.3. The van der Waals surface area contributed by atoms with Crippen LogP contribution in [0, 0.1) is 11.8 Å². The van der Waals surface area contributed by atoms with Gasteiger partial charge in [-0.05, 0) is 56.6 Å². The molecule has 0 bridgehead atoms. The van der Waals surface area contributed by atoms with Gasteiger partial charge in [-0.25, -0.2) is 0 Å². The van der Waals surface area contributed by atoms with Gasteiger partial charge in [-0.15, -0.1) is 11.8 Å². The standard InChI is InChI=1S/C25H35N3O3S/c29-23(26-15-18-7-2-1-3-8-18)17-32-22-11-5-4-10-21(22)25(31)28-14-6-9-19(16-28)24(30)27-20-12-13-20/h4-5,10-11,18-20H,1-3,6-9,12-17H2,(H,26,29)(H,27,30). The summed E-state index contributed by atoms with van der Waals surface area (Å²) in [6.45, 7) is 1.91. The molecule has 2 saturated carbocycles. The predicted molar refractivity (Wildman–Crippen MR) is 127 cm³/mol. The predicted octanol–water partition coefficient (Wildman–Crippen LogP) is 3.61. The highest BCUT2D eigenvalue weighted by Gasteiger charge is 2.32. The molecule has 4 rings (SSSR count). The first-order valence-corrected chi connectivity index (χ1v) is 13.2. The Morgan fingerprint density at radius 1 is 0.969 bits per heavy atom. The molecule has 0 radical (unpaired) electrons. The van der Waals surface area contributed by atoms with E-state index >= 15 is 0 Å². The van der Waals surface area contributed by atoms with E-state index in [4.69, 9.17) is 0 Å². The van der Waals surface area contributed by atoms with Crippen LogP contribution in [0.1, 0.15) is 68.1 Å². The van der Waals surface area contributed by atoms with E-state index in [2.05, 4.69) is 10.6 Å². The fourth-order valence-electron chi connectivity index (χ4n) is 4.71. The first kappa shape index (κ1) is 23.1. The van der Waals surface area contributed by atoms with E-state index in [9.17, 15) is 14.4 Å². The summed E-state index contributed by atoms with van der Waals surface area (Å²) in [5, 5.41) is 6.15. The van der Waals surface area contributed by atoms with Gasteiger partial charge in [0.2, 0.25) is 11.8 Å². The molecule has 2 N–H and O–H groups in total. The molecule has 1 aliphatic heterocycles. The average molecular weight is 458 g/mol. The van der Waals surface area contributed by atoms with Crippen LogP contribution in [0.2, 0.25) is 0 Å². The molecule has 6 nitrogen and oxygen atoms in total. The monoisotopic (exact) mass is 457 g/mol. The summed E-state index contributed by atoms with van der Waals surface area (Å²) in [5.74, 6) is 0.859. The van der Waals surface area contributed by atoms with Crippen LogP contribution >= 0.6 is 11.8 Å². The van der Waals surface area contributed by atoms with E-state index in [0.29, 0.717) is 36.4 Å². The van der Waals surface area contributed by atoms with Gasteiger partial charge in [0.05, 0.1) is 17.2 Å². The van der Waals surface area contributed by atoms with Crippen molar-refractivity contribution < 1.29 is 14.4 Å². The van der Waals surface area contributed by atoms with Crippen LogP contribution in [0.25, 0.3) is 0 Å². The second-order valence-corrected chi connectivity index (χ2v) is 10.5. The second-order valence-electron chi connectivity index (χ2n) is 9.47. The molecule has 2 aliphatic carbocycles. The summed E-state index contributed by atoms with van der Waals surface area (Å²) in [6.07, 6.45) is 10.1. The van der Waals surface area contributed by atoms with Gasteiger partial charge < -0.3 is 15.5 Å². The molecule has 1 heterocycles. The van der Waals surface area contributed by atoms with Gasteiger partial charge in [0.25, 0.3) is 5.91 Å². The minimum Gasteiger partial charge on any atom is -0.355 e. The zero-order valence-corrected chi connectivity index (χ0v) is 19.6. The molecule has 3 fully saturated rings. The van der Waals surface area contributed by atoms with E-state index in [-0.39, 0.29) is 23.6 Å². The number of rotatable bonds is 8. The molecular formula is C25H35N3O3S. The van der Waals surface area contributed by atoms with Crippen LogP contribution in [0.15, 0.2) is 29.2 Å². The fourth-order valence-corrected chi connectivity index (χ4v) is 5.58. The molecule has 32 heavy (non-hydrogen) atoms. The van der Waals surface area contributed by atoms with Crippen molar-refractivity contribution in [3.05, 3.63) is 29.8 Å². The number of thioether (sulfide) groups is 1. The van der Waals surface area contributed by atoms with Gasteiger partial charge in [-0.3, -0.25) is 14.4 Å². The number of amides is 3. The normalized spacial score (nSPS) is 21.8. The number of hydrogen-bond acceptors (Lipinski definition) is 4. The van der Waals surface area contributed by atoms with Crippen LogP contribution in [0.4, 0.5) is 0 Å². The largest absolute Gasteiger partial charge is 0.355 e. The summed E-state index contributed by atoms with van der Waals surface area (Å²) in [7, 11) is 0.